The summed E-state index contributed by atoms with van der Waals surface area (Å²) >= 11 is 0. The van der Waals surface area contributed by atoms with Gasteiger partial charge < -0.3 is 14.8 Å². The van der Waals surface area contributed by atoms with E-state index in [1.54, 1.807) is 12.1 Å². The lowest BCUT2D eigenvalue weighted by molar-refractivity contribution is -0.118. The summed E-state index contributed by atoms with van der Waals surface area (Å²) in [6.45, 7) is -0.471. The zero-order valence-electron chi connectivity index (χ0n) is 16.4. The van der Waals surface area contributed by atoms with E-state index >= 15 is 0 Å². The first-order chi connectivity index (χ1) is 15.1. The molecule has 6 nitrogen and oxygen atoms in total. The molecule has 0 aromatic heterocycles. The highest BCUT2D eigenvalue weighted by molar-refractivity contribution is 6.17. The number of hydrogen-bond acceptors (Lipinski definition) is 5. The molecule has 6 heteroatoms. The van der Waals surface area contributed by atoms with Crippen LogP contribution in [0.3, 0.4) is 0 Å². The molecule has 152 valence electrons. The SMILES string of the molecule is O=C1COc2ccc(C(=O)COC(=O)c3c4ccccc4cc4ccccc34)cc2N1. The Balaban J connectivity index is 1.42. The van der Waals surface area contributed by atoms with Gasteiger partial charge in [-0.05, 0) is 45.8 Å². The van der Waals surface area contributed by atoms with E-state index in [4.69, 9.17) is 9.47 Å². The number of Topliss-reactive ketones (excluding diaryl/α,β-unsaturated/α-hetero) is 1. The standard InChI is InChI=1S/C25H17NO5/c27-21(17-9-10-22-20(12-17)26-23(28)14-30-22)13-31-25(29)24-18-7-3-1-5-15(18)11-16-6-2-4-8-19(16)24/h1-12H,13-14H2,(H,26,28). The van der Waals surface area contributed by atoms with Crippen LogP contribution >= 0.6 is 0 Å². The van der Waals surface area contributed by atoms with Crippen molar-refractivity contribution in [1.82, 2.24) is 0 Å². The maximum absolute atomic E-state index is 13.0. The second-order valence-corrected chi connectivity index (χ2v) is 7.24. The van der Waals surface area contributed by atoms with Crippen molar-refractivity contribution in [3.8, 4) is 5.75 Å². The van der Waals surface area contributed by atoms with Crippen molar-refractivity contribution in [3.63, 3.8) is 0 Å². The summed E-state index contributed by atoms with van der Waals surface area (Å²) < 4.78 is 10.7. The van der Waals surface area contributed by atoms with Gasteiger partial charge in [0.25, 0.3) is 5.91 Å². The first-order valence-electron chi connectivity index (χ1n) is 9.78. The van der Waals surface area contributed by atoms with Crippen LogP contribution in [-0.2, 0) is 9.53 Å². The van der Waals surface area contributed by atoms with Crippen LogP contribution in [0.15, 0.2) is 72.8 Å². The number of esters is 1. The van der Waals surface area contributed by atoms with Crippen LogP contribution in [0.2, 0.25) is 0 Å². The van der Waals surface area contributed by atoms with Gasteiger partial charge in [-0.1, -0.05) is 48.5 Å². The monoisotopic (exact) mass is 411 g/mol. The number of ether oxygens (including phenoxy) is 2. The Hall–Kier alpha value is -4.19. The Kier molecular flexibility index (Phi) is 4.59. The molecule has 5 rings (SSSR count). The van der Waals surface area contributed by atoms with Gasteiger partial charge in [0, 0.05) is 5.56 Å². The van der Waals surface area contributed by atoms with Gasteiger partial charge in [-0.3, -0.25) is 9.59 Å². The third-order valence-electron chi connectivity index (χ3n) is 5.24. The van der Waals surface area contributed by atoms with Crippen molar-refractivity contribution in [3.05, 3.63) is 83.9 Å². The first-order valence-corrected chi connectivity index (χ1v) is 9.78. The Morgan fingerprint density at radius 2 is 1.58 bits per heavy atom. The van der Waals surface area contributed by atoms with Crippen molar-refractivity contribution in [1.29, 1.82) is 0 Å². The second kappa shape index (κ2) is 7.57. The third kappa shape index (κ3) is 3.48. The molecule has 1 amide bonds. The summed E-state index contributed by atoms with van der Waals surface area (Å²) in [6.07, 6.45) is 0. The molecule has 0 bridgehead atoms. The predicted octanol–water partition coefficient (Wildman–Crippen LogP) is 4.36. The van der Waals surface area contributed by atoms with Crippen molar-refractivity contribution in [2.45, 2.75) is 0 Å². The van der Waals surface area contributed by atoms with Gasteiger partial charge in [0.05, 0.1) is 11.3 Å². The molecule has 0 saturated carbocycles. The first kappa shape index (κ1) is 18.8. The molecule has 4 aromatic carbocycles. The minimum Gasteiger partial charge on any atom is -0.482 e. The maximum Gasteiger partial charge on any atom is 0.339 e. The van der Waals surface area contributed by atoms with Gasteiger partial charge in [0.1, 0.15) is 5.75 Å². The van der Waals surface area contributed by atoms with E-state index in [1.165, 1.54) is 6.07 Å². The average Bonchev–Trinajstić information content (AvgIpc) is 2.80. The third-order valence-corrected chi connectivity index (χ3v) is 5.24. The Morgan fingerprint density at radius 3 is 2.29 bits per heavy atom. The molecule has 1 aliphatic rings. The van der Waals surface area contributed by atoms with Gasteiger partial charge in [0.15, 0.2) is 19.0 Å². The largest absolute Gasteiger partial charge is 0.482 e. The van der Waals surface area contributed by atoms with Crippen LogP contribution in [0.1, 0.15) is 20.7 Å². The van der Waals surface area contributed by atoms with Gasteiger partial charge in [-0.25, -0.2) is 4.79 Å². The summed E-state index contributed by atoms with van der Waals surface area (Å²) in [5, 5.41) is 6.05. The molecule has 1 heterocycles. The van der Waals surface area contributed by atoms with Crippen LogP contribution in [-0.4, -0.2) is 30.9 Å². The van der Waals surface area contributed by atoms with Gasteiger partial charge in [-0.15, -0.1) is 0 Å². The quantitative estimate of drug-likeness (QED) is 0.306. The van der Waals surface area contributed by atoms with Crippen molar-refractivity contribution in [2.75, 3.05) is 18.5 Å². The Morgan fingerprint density at radius 1 is 0.903 bits per heavy atom. The van der Waals surface area contributed by atoms with E-state index in [0.29, 0.717) is 22.6 Å². The molecule has 0 saturated heterocycles. The maximum atomic E-state index is 13.0. The van der Waals surface area contributed by atoms with Crippen molar-refractivity contribution in [2.24, 2.45) is 0 Å². The highest BCUT2D eigenvalue weighted by Gasteiger charge is 2.20. The highest BCUT2D eigenvalue weighted by Crippen LogP contribution is 2.30. The fraction of sp³-hybridized carbons (Fsp3) is 0.0800. The molecule has 1 aliphatic heterocycles. The highest BCUT2D eigenvalue weighted by atomic mass is 16.5. The normalized spacial score (nSPS) is 12.7. The van der Waals surface area contributed by atoms with Crippen LogP contribution in [0.4, 0.5) is 5.69 Å². The molecule has 31 heavy (non-hydrogen) atoms. The van der Waals surface area contributed by atoms with E-state index in [0.717, 1.165) is 21.5 Å². The average molecular weight is 411 g/mol. The van der Waals surface area contributed by atoms with E-state index in [-0.39, 0.29) is 18.3 Å². The van der Waals surface area contributed by atoms with Crippen LogP contribution in [0, 0.1) is 0 Å². The summed E-state index contributed by atoms with van der Waals surface area (Å²) in [5.41, 5.74) is 1.18. The second-order valence-electron chi connectivity index (χ2n) is 7.24. The van der Waals surface area contributed by atoms with Crippen LogP contribution in [0.5, 0.6) is 5.75 Å². The fourth-order valence-electron chi connectivity index (χ4n) is 3.78. The number of nitrogens with one attached hydrogen (secondary N) is 1. The number of amides is 1. The number of benzene rings is 4. The molecule has 4 aromatic rings. The van der Waals surface area contributed by atoms with Crippen molar-refractivity contribution < 1.29 is 23.9 Å². The van der Waals surface area contributed by atoms with Gasteiger partial charge >= 0.3 is 5.97 Å². The molecular weight excluding hydrogens is 394 g/mol. The molecular formula is C25H17NO5. The zero-order valence-corrected chi connectivity index (χ0v) is 16.4. The summed E-state index contributed by atoms with van der Waals surface area (Å²) in [4.78, 5) is 37.2. The smallest absolute Gasteiger partial charge is 0.339 e. The summed E-state index contributed by atoms with van der Waals surface area (Å²) in [5.74, 6) is -0.724. The van der Waals surface area contributed by atoms with Gasteiger partial charge in [-0.2, -0.15) is 0 Å². The molecule has 0 spiro atoms. The Labute approximate surface area is 177 Å². The van der Waals surface area contributed by atoms with Crippen LogP contribution < -0.4 is 10.1 Å². The number of anilines is 1. The summed E-state index contributed by atoms with van der Waals surface area (Å²) in [6, 6.07) is 21.9. The lowest BCUT2D eigenvalue weighted by Gasteiger charge is -2.18. The van der Waals surface area contributed by atoms with E-state index in [9.17, 15) is 14.4 Å². The predicted molar refractivity (Wildman–Crippen MR) is 117 cm³/mol. The van der Waals surface area contributed by atoms with Gasteiger partial charge in [0.2, 0.25) is 0 Å². The summed E-state index contributed by atoms with van der Waals surface area (Å²) in [7, 11) is 0. The molecule has 1 N–H and O–H groups in total. The lowest BCUT2D eigenvalue weighted by atomic mass is 9.97. The molecule has 0 radical (unpaired) electrons. The Bertz CT molecular complexity index is 1320. The zero-order chi connectivity index (χ0) is 21.4. The van der Waals surface area contributed by atoms with E-state index in [1.807, 2.05) is 54.6 Å². The molecule has 0 fully saturated rings. The fourth-order valence-corrected chi connectivity index (χ4v) is 3.78. The molecule has 0 atom stereocenters. The topological polar surface area (TPSA) is 81.7 Å². The van der Waals surface area contributed by atoms with Crippen molar-refractivity contribution >= 4 is 44.9 Å². The number of hydrogen-bond donors (Lipinski definition) is 1. The number of carbonyl (C=O) groups is 3. The number of rotatable bonds is 4. The number of carbonyl (C=O) groups excluding carboxylic acids is 3. The minimum atomic E-state index is -0.559. The minimum absolute atomic E-state index is 0.0586. The molecule has 0 unspecified atom stereocenters. The lowest BCUT2D eigenvalue weighted by Crippen LogP contribution is -2.25. The van der Waals surface area contributed by atoms with Crippen LogP contribution in [0.25, 0.3) is 21.5 Å². The number of ketones is 1. The molecule has 0 aliphatic carbocycles. The van der Waals surface area contributed by atoms with E-state index < -0.39 is 12.6 Å². The van der Waals surface area contributed by atoms with E-state index in [2.05, 4.69) is 5.32 Å². The number of fused-ring (bicyclic) bond motifs is 3.